The summed E-state index contributed by atoms with van der Waals surface area (Å²) in [6.07, 6.45) is 1.59. The fourth-order valence-electron chi connectivity index (χ4n) is 3.72. The van der Waals surface area contributed by atoms with Gasteiger partial charge in [0.15, 0.2) is 0 Å². The Morgan fingerprint density at radius 1 is 1.05 bits per heavy atom. The van der Waals surface area contributed by atoms with Crippen molar-refractivity contribution in [3.8, 4) is 11.5 Å². The van der Waals surface area contributed by atoms with Crippen molar-refractivity contribution in [1.82, 2.24) is 10.2 Å². The first-order valence-corrected chi connectivity index (χ1v) is 13.4. The molecule has 10 heteroatoms. The monoisotopic (exact) mass is 723 g/mol. The van der Waals surface area contributed by atoms with E-state index in [2.05, 4.69) is 61.9 Å². The van der Waals surface area contributed by atoms with Crippen LogP contribution in [-0.4, -0.2) is 36.4 Å². The minimum atomic E-state index is -0.658. The Kier molecular flexibility index (Phi) is 8.69. The second-order valence-corrected chi connectivity index (χ2v) is 10.5. The lowest BCUT2D eigenvalue weighted by Gasteiger charge is -2.13. The number of nitrogens with zero attached hydrogens (tertiary/aromatic N) is 1. The summed E-state index contributed by atoms with van der Waals surface area (Å²) in [7, 11) is 1.49. The van der Waals surface area contributed by atoms with Gasteiger partial charge in [0, 0.05) is 0 Å². The maximum Gasteiger partial charge on any atom is 0.329 e. The number of amides is 4. The Hall–Kier alpha value is -3.13. The van der Waals surface area contributed by atoms with E-state index in [-0.39, 0.29) is 5.70 Å². The van der Waals surface area contributed by atoms with Crippen molar-refractivity contribution in [1.29, 1.82) is 0 Å². The van der Waals surface area contributed by atoms with Gasteiger partial charge in [-0.2, -0.15) is 0 Å². The van der Waals surface area contributed by atoms with E-state index >= 15 is 0 Å². The average molecular weight is 723 g/mol. The van der Waals surface area contributed by atoms with Gasteiger partial charge in [-0.15, -0.1) is 0 Å². The van der Waals surface area contributed by atoms with Crippen molar-refractivity contribution in [3.63, 3.8) is 0 Å². The van der Waals surface area contributed by atoms with Crippen LogP contribution in [-0.2, 0) is 16.2 Å². The molecule has 1 saturated heterocycles. The number of imide groups is 1. The Bertz CT molecular complexity index is 1380. The number of hydrogen-bond donors (Lipinski definition) is 2. The number of aryl methyl sites for hydroxylation is 1. The molecule has 0 spiro atoms. The molecular formula is C27H23I2N3O5. The first-order valence-electron chi connectivity index (χ1n) is 11.2. The van der Waals surface area contributed by atoms with Crippen LogP contribution in [0.4, 0.5) is 10.5 Å². The molecule has 0 atom stereocenters. The molecule has 37 heavy (non-hydrogen) atoms. The van der Waals surface area contributed by atoms with Gasteiger partial charge in [0.1, 0.15) is 30.3 Å². The van der Waals surface area contributed by atoms with Crippen LogP contribution >= 0.6 is 45.2 Å². The topological polar surface area (TPSA) is 97.0 Å². The first kappa shape index (κ1) is 26.9. The van der Waals surface area contributed by atoms with Crippen LogP contribution in [0.3, 0.4) is 0 Å². The quantitative estimate of drug-likeness (QED) is 0.187. The van der Waals surface area contributed by atoms with Crippen molar-refractivity contribution in [2.45, 2.75) is 13.5 Å². The number of ether oxygens (including phenoxy) is 2. The van der Waals surface area contributed by atoms with Gasteiger partial charge in [-0.3, -0.25) is 9.59 Å². The number of carbonyl (C=O) groups is 3. The molecule has 3 aromatic carbocycles. The molecule has 0 aliphatic carbocycles. The highest BCUT2D eigenvalue weighted by Gasteiger charge is 2.35. The van der Waals surface area contributed by atoms with Crippen LogP contribution in [0, 0.1) is 14.1 Å². The summed E-state index contributed by atoms with van der Waals surface area (Å²) in [5, 5.41) is 5.23. The van der Waals surface area contributed by atoms with E-state index in [0.717, 1.165) is 28.9 Å². The van der Waals surface area contributed by atoms with E-state index < -0.39 is 24.4 Å². The van der Waals surface area contributed by atoms with Gasteiger partial charge in [0.2, 0.25) is 5.91 Å². The molecule has 190 valence electrons. The zero-order valence-electron chi connectivity index (χ0n) is 20.0. The number of rotatable bonds is 8. The van der Waals surface area contributed by atoms with Gasteiger partial charge in [-0.05, 0) is 93.6 Å². The molecule has 4 rings (SSSR count). The summed E-state index contributed by atoms with van der Waals surface area (Å²) in [4.78, 5) is 38.7. The Morgan fingerprint density at radius 2 is 1.78 bits per heavy atom. The lowest BCUT2D eigenvalue weighted by atomic mass is 10.1. The van der Waals surface area contributed by atoms with Crippen LogP contribution < -0.4 is 20.1 Å². The van der Waals surface area contributed by atoms with Crippen LogP contribution in [0.5, 0.6) is 11.5 Å². The number of urea groups is 1. The van der Waals surface area contributed by atoms with Crippen LogP contribution in [0.2, 0.25) is 0 Å². The number of carbonyl (C=O) groups excluding carboxylic acids is 3. The maximum absolute atomic E-state index is 12.9. The zero-order chi connectivity index (χ0) is 26.5. The predicted molar refractivity (Wildman–Crippen MR) is 157 cm³/mol. The summed E-state index contributed by atoms with van der Waals surface area (Å²) in [5.41, 5.74) is 3.51. The van der Waals surface area contributed by atoms with E-state index in [1.807, 2.05) is 37.3 Å². The van der Waals surface area contributed by atoms with Gasteiger partial charge in [0.05, 0.1) is 19.9 Å². The normalized spacial score (nSPS) is 14.1. The summed E-state index contributed by atoms with van der Waals surface area (Å²) in [6, 6.07) is 18.1. The van der Waals surface area contributed by atoms with Gasteiger partial charge in [-0.1, -0.05) is 42.0 Å². The molecule has 0 bridgehead atoms. The smallest absolute Gasteiger partial charge is 0.329 e. The van der Waals surface area contributed by atoms with Crippen LogP contribution in [0.25, 0.3) is 6.08 Å². The van der Waals surface area contributed by atoms with Crippen LogP contribution in [0.15, 0.2) is 66.4 Å². The zero-order valence-corrected chi connectivity index (χ0v) is 24.3. The molecular weight excluding hydrogens is 700 g/mol. The molecule has 1 aliphatic heterocycles. The minimum Gasteiger partial charge on any atom is -0.495 e. The van der Waals surface area contributed by atoms with Crippen molar-refractivity contribution in [2.24, 2.45) is 0 Å². The number of methoxy groups -OCH3 is 1. The second-order valence-electron chi connectivity index (χ2n) is 8.22. The van der Waals surface area contributed by atoms with E-state index in [1.165, 1.54) is 12.7 Å². The van der Waals surface area contributed by atoms with E-state index in [0.29, 0.717) is 18.0 Å². The van der Waals surface area contributed by atoms with Crippen molar-refractivity contribution in [3.05, 3.63) is 90.2 Å². The van der Waals surface area contributed by atoms with Gasteiger partial charge >= 0.3 is 6.03 Å². The number of hydrogen-bond acceptors (Lipinski definition) is 5. The molecule has 0 aromatic heterocycles. The second kappa shape index (κ2) is 11.9. The fraction of sp³-hybridized carbons (Fsp3) is 0.148. The van der Waals surface area contributed by atoms with Crippen LogP contribution in [0.1, 0.15) is 16.7 Å². The third kappa shape index (κ3) is 6.60. The third-order valence-electron chi connectivity index (χ3n) is 5.44. The number of halogens is 2. The number of benzene rings is 3. The largest absolute Gasteiger partial charge is 0.495 e. The van der Waals surface area contributed by atoms with E-state index in [9.17, 15) is 14.4 Å². The molecule has 1 aliphatic rings. The highest BCUT2D eigenvalue weighted by atomic mass is 127. The van der Waals surface area contributed by atoms with Gasteiger partial charge in [0.25, 0.3) is 5.91 Å². The SMILES string of the molecule is COc1ccccc1NC(=O)CN1C(=O)N/C(=C/c2cc(I)c(OCc3cccc(C)c3)c(I)c2)C1=O. The minimum absolute atomic E-state index is 0.0927. The number of nitrogens with one attached hydrogen (secondary N) is 2. The molecule has 1 heterocycles. The maximum atomic E-state index is 12.9. The molecule has 0 unspecified atom stereocenters. The number of anilines is 1. The van der Waals surface area contributed by atoms with Crippen molar-refractivity contribution < 1.29 is 23.9 Å². The van der Waals surface area contributed by atoms with Crippen molar-refractivity contribution in [2.75, 3.05) is 19.0 Å². The van der Waals surface area contributed by atoms with E-state index in [4.69, 9.17) is 9.47 Å². The lowest BCUT2D eigenvalue weighted by molar-refractivity contribution is -0.127. The van der Waals surface area contributed by atoms with Gasteiger partial charge in [-0.25, -0.2) is 9.69 Å². The summed E-state index contributed by atoms with van der Waals surface area (Å²) in [5.74, 6) is 0.129. The lowest BCUT2D eigenvalue weighted by Crippen LogP contribution is -2.38. The van der Waals surface area contributed by atoms with Crippen molar-refractivity contribution >= 4 is 74.8 Å². The Morgan fingerprint density at radius 3 is 2.49 bits per heavy atom. The summed E-state index contributed by atoms with van der Waals surface area (Å²) < 4.78 is 13.0. The van der Waals surface area contributed by atoms with Gasteiger partial charge < -0.3 is 20.1 Å². The predicted octanol–water partition coefficient (Wildman–Crippen LogP) is 5.32. The number of para-hydroxylation sites is 2. The standard InChI is InChI=1S/C27H23I2N3O5/c1-16-6-5-7-17(10-16)15-37-25-19(28)11-18(12-20(25)29)13-22-26(34)32(27(35)31-22)14-24(33)30-21-8-3-4-9-23(21)36-2/h3-13H,14-15H2,1-2H3,(H,30,33)(H,31,35)/b22-13+. The molecule has 2 N–H and O–H groups in total. The fourth-order valence-corrected chi connectivity index (χ4v) is 5.85. The highest BCUT2D eigenvalue weighted by molar-refractivity contribution is 14.1. The third-order valence-corrected chi connectivity index (χ3v) is 7.04. The Balaban J connectivity index is 1.44. The summed E-state index contributed by atoms with van der Waals surface area (Å²) in [6.45, 7) is 2.05. The van der Waals surface area contributed by atoms with E-state index in [1.54, 1.807) is 30.3 Å². The molecule has 3 aromatic rings. The average Bonchev–Trinajstić information content (AvgIpc) is 3.11. The Labute approximate surface area is 241 Å². The summed E-state index contributed by atoms with van der Waals surface area (Å²) >= 11 is 4.38. The molecule has 8 nitrogen and oxygen atoms in total. The molecule has 0 saturated carbocycles. The first-order chi connectivity index (χ1) is 17.7. The molecule has 4 amide bonds. The highest BCUT2D eigenvalue weighted by Crippen LogP contribution is 2.31. The molecule has 0 radical (unpaired) electrons. The molecule has 1 fully saturated rings.